The molecule has 2 amide bonds. The summed E-state index contributed by atoms with van der Waals surface area (Å²) in [6, 6.07) is 1.98. The molecule has 0 bridgehead atoms. The number of amides is 2. The maximum atomic E-state index is 11.4. The first-order chi connectivity index (χ1) is 9.08. The lowest BCUT2D eigenvalue weighted by atomic mass is 10.2. The van der Waals surface area contributed by atoms with Gasteiger partial charge in [-0.2, -0.15) is 5.10 Å². The lowest BCUT2D eigenvalue weighted by Crippen LogP contribution is -2.40. The highest BCUT2D eigenvalue weighted by Crippen LogP contribution is 2.13. The van der Waals surface area contributed by atoms with Gasteiger partial charge < -0.3 is 10.6 Å². The number of fused-ring (bicyclic) bond motifs is 1. The zero-order chi connectivity index (χ0) is 13.8. The molecule has 104 valence electrons. The SMILES string of the molecule is CNC(=O)CN1CCn2nc(CNC(C)=O)cc2C1. The number of aromatic nitrogens is 2. The molecule has 2 rings (SSSR count). The molecule has 0 unspecified atom stereocenters. The van der Waals surface area contributed by atoms with Crippen molar-refractivity contribution in [2.24, 2.45) is 0 Å². The van der Waals surface area contributed by atoms with E-state index in [1.54, 1.807) is 7.05 Å². The Labute approximate surface area is 111 Å². The quantitative estimate of drug-likeness (QED) is 0.738. The molecule has 0 fully saturated rings. The first-order valence-corrected chi connectivity index (χ1v) is 6.31. The minimum absolute atomic E-state index is 0.0198. The van der Waals surface area contributed by atoms with Crippen molar-refractivity contribution < 1.29 is 9.59 Å². The second kappa shape index (κ2) is 5.83. The summed E-state index contributed by atoms with van der Waals surface area (Å²) in [6.45, 7) is 4.63. The van der Waals surface area contributed by atoms with Crippen LogP contribution in [-0.4, -0.2) is 46.6 Å². The van der Waals surface area contributed by atoms with Crippen LogP contribution in [0.25, 0.3) is 0 Å². The monoisotopic (exact) mass is 265 g/mol. The Morgan fingerprint density at radius 3 is 2.89 bits per heavy atom. The van der Waals surface area contributed by atoms with Gasteiger partial charge in [0.2, 0.25) is 11.8 Å². The van der Waals surface area contributed by atoms with E-state index in [0.717, 1.165) is 24.5 Å². The average Bonchev–Trinajstić information content (AvgIpc) is 2.78. The van der Waals surface area contributed by atoms with E-state index in [4.69, 9.17) is 0 Å². The highest BCUT2D eigenvalue weighted by molar-refractivity contribution is 5.77. The lowest BCUT2D eigenvalue weighted by molar-refractivity contribution is -0.122. The topological polar surface area (TPSA) is 79.3 Å². The largest absolute Gasteiger partial charge is 0.358 e. The van der Waals surface area contributed by atoms with Crippen LogP contribution in [0, 0.1) is 0 Å². The molecule has 7 heteroatoms. The Morgan fingerprint density at radius 2 is 2.21 bits per heavy atom. The summed E-state index contributed by atoms with van der Waals surface area (Å²) in [6.07, 6.45) is 0. The molecule has 0 saturated carbocycles. The normalized spacial score (nSPS) is 14.8. The van der Waals surface area contributed by atoms with Crippen LogP contribution in [0.2, 0.25) is 0 Å². The zero-order valence-electron chi connectivity index (χ0n) is 11.3. The number of carbonyl (C=O) groups excluding carboxylic acids is 2. The predicted octanol–water partition coefficient (Wildman–Crippen LogP) is -0.919. The number of nitrogens with one attached hydrogen (secondary N) is 2. The molecule has 2 heterocycles. The molecular weight excluding hydrogens is 246 g/mol. The van der Waals surface area contributed by atoms with Gasteiger partial charge in [0.1, 0.15) is 0 Å². The molecule has 0 spiro atoms. The van der Waals surface area contributed by atoms with Gasteiger partial charge in [0.15, 0.2) is 0 Å². The molecule has 7 nitrogen and oxygen atoms in total. The van der Waals surface area contributed by atoms with Gasteiger partial charge in [-0.3, -0.25) is 19.2 Å². The predicted molar refractivity (Wildman–Crippen MR) is 69.1 cm³/mol. The molecule has 0 aliphatic carbocycles. The van der Waals surface area contributed by atoms with Gasteiger partial charge in [0.05, 0.1) is 31.0 Å². The van der Waals surface area contributed by atoms with Crippen molar-refractivity contribution in [3.63, 3.8) is 0 Å². The van der Waals surface area contributed by atoms with E-state index in [9.17, 15) is 9.59 Å². The fraction of sp³-hybridized carbons (Fsp3) is 0.583. The minimum Gasteiger partial charge on any atom is -0.358 e. The van der Waals surface area contributed by atoms with Crippen LogP contribution in [0.1, 0.15) is 18.3 Å². The second-order valence-corrected chi connectivity index (χ2v) is 4.64. The summed E-state index contributed by atoms with van der Waals surface area (Å²) in [7, 11) is 1.64. The third-order valence-corrected chi connectivity index (χ3v) is 3.09. The molecule has 0 atom stereocenters. The van der Waals surface area contributed by atoms with Crippen molar-refractivity contribution >= 4 is 11.8 Å². The summed E-state index contributed by atoms with van der Waals surface area (Å²) in [5, 5.41) is 9.79. The maximum Gasteiger partial charge on any atom is 0.233 e. The van der Waals surface area contributed by atoms with E-state index >= 15 is 0 Å². The van der Waals surface area contributed by atoms with Crippen molar-refractivity contribution in [2.45, 2.75) is 26.6 Å². The van der Waals surface area contributed by atoms with Gasteiger partial charge in [0, 0.05) is 27.1 Å². The number of carbonyl (C=O) groups is 2. The van der Waals surface area contributed by atoms with E-state index < -0.39 is 0 Å². The smallest absolute Gasteiger partial charge is 0.233 e. The molecule has 1 aliphatic heterocycles. The van der Waals surface area contributed by atoms with Crippen molar-refractivity contribution in [1.29, 1.82) is 0 Å². The fourth-order valence-corrected chi connectivity index (χ4v) is 2.10. The van der Waals surface area contributed by atoms with Crippen molar-refractivity contribution in [1.82, 2.24) is 25.3 Å². The van der Waals surface area contributed by atoms with E-state index in [0.29, 0.717) is 19.6 Å². The van der Waals surface area contributed by atoms with E-state index in [1.165, 1.54) is 6.92 Å². The van der Waals surface area contributed by atoms with Crippen LogP contribution >= 0.6 is 0 Å². The molecule has 0 aromatic carbocycles. The van der Waals surface area contributed by atoms with Crippen LogP contribution in [0.4, 0.5) is 0 Å². The lowest BCUT2D eigenvalue weighted by Gasteiger charge is -2.26. The molecule has 19 heavy (non-hydrogen) atoms. The van der Waals surface area contributed by atoms with Crippen LogP contribution < -0.4 is 10.6 Å². The Morgan fingerprint density at radius 1 is 1.42 bits per heavy atom. The van der Waals surface area contributed by atoms with Gasteiger partial charge in [-0.25, -0.2) is 0 Å². The second-order valence-electron chi connectivity index (χ2n) is 4.64. The van der Waals surface area contributed by atoms with E-state index in [2.05, 4.69) is 20.6 Å². The summed E-state index contributed by atoms with van der Waals surface area (Å²) >= 11 is 0. The van der Waals surface area contributed by atoms with Crippen molar-refractivity contribution in [2.75, 3.05) is 20.1 Å². The first-order valence-electron chi connectivity index (χ1n) is 6.31. The molecule has 0 saturated heterocycles. The highest BCUT2D eigenvalue weighted by atomic mass is 16.2. The number of hydrogen-bond acceptors (Lipinski definition) is 4. The Balaban J connectivity index is 1.96. The van der Waals surface area contributed by atoms with E-state index in [-0.39, 0.29) is 11.8 Å². The van der Waals surface area contributed by atoms with Gasteiger partial charge in [-0.1, -0.05) is 0 Å². The Kier molecular flexibility index (Phi) is 4.16. The van der Waals surface area contributed by atoms with Gasteiger partial charge in [-0.15, -0.1) is 0 Å². The molecule has 1 aromatic rings. The minimum atomic E-state index is -0.0628. The van der Waals surface area contributed by atoms with E-state index in [1.807, 2.05) is 10.7 Å². The van der Waals surface area contributed by atoms with Crippen LogP contribution in [0.15, 0.2) is 6.07 Å². The third-order valence-electron chi connectivity index (χ3n) is 3.09. The molecule has 0 radical (unpaired) electrons. The van der Waals surface area contributed by atoms with Gasteiger partial charge in [0.25, 0.3) is 0 Å². The summed E-state index contributed by atoms with van der Waals surface area (Å²) < 4.78 is 1.94. The molecule has 2 N–H and O–H groups in total. The molecular formula is C12H19N5O2. The molecule has 1 aromatic heterocycles. The van der Waals surface area contributed by atoms with Gasteiger partial charge >= 0.3 is 0 Å². The van der Waals surface area contributed by atoms with Crippen LogP contribution in [-0.2, 0) is 29.2 Å². The summed E-state index contributed by atoms with van der Waals surface area (Å²) in [4.78, 5) is 24.3. The standard InChI is InChI=1S/C12H19N5O2/c1-9(18)14-6-10-5-11-7-16(8-12(19)13-2)3-4-17(11)15-10/h5H,3-4,6-8H2,1-2H3,(H,13,19)(H,14,18). The fourth-order valence-electron chi connectivity index (χ4n) is 2.10. The number of nitrogens with zero attached hydrogens (tertiary/aromatic N) is 3. The van der Waals surface area contributed by atoms with Crippen LogP contribution in [0.3, 0.4) is 0 Å². The number of hydrogen-bond donors (Lipinski definition) is 2. The average molecular weight is 265 g/mol. The summed E-state index contributed by atoms with van der Waals surface area (Å²) in [5.41, 5.74) is 1.93. The van der Waals surface area contributed by atoms with Crippen LogP contribution in [0.5, 0.6) is 0 Å². The van der Waals surface area contributed by atoms with Crippen molar-refractivity contribution in [3.8, 4) is 0 Å². The van der Waals surface area contributed by atoms with Crippen molar-refractivity contribution in [3.05, 3.63) is 17.5 Å². The Hall–Kier alpha value is -1.89. The third kappa shape index (κ3) is 3.54. The summed E-state index contributed by atoms with van der Waals surface area (Å²) in [5.74, 6) is -0.0429. The number of rotatable bonds is 4. The maximum absolute atomic E-state index is 11.4. The highest BCUT2D eigenvalue weighted by Gasteiger charge is 2.19. The first kappa shape index (κ1) is 13.5. The molecule has 1 aliphatic rings. The zero-order valence-corrected chi connectivity index (χ0v) is 11.3. The number of likely N-dealkylation sites (N-methyl/N-ethyl adjacent to an activating group) is 1. The Bertz CT molecular complexity index is 482. The van der Waals surface area contributed by atoms with Gasteiger partial charge in [-0.05, 0) is 6.07 Å².